The minimum absolute atomic E-state index is 0.382. The van der Waals surface area contributed by atoms with E-state index in [0.29, 0.717) is 18.8 Å². The van der Waals surface area contributed by atoms with Crippen molar-refractivity contribution in [1.29, 1.82) is 0 Å². The molecule has 0 saturated carbocycles. The maximum absolute atomic E-state index is 5.81. The molecule has 2 saturated heterocycles. The first-order valence-electron chi connectivity index (χ1n) is 7.44. The average molecular weight is 273 g/mol. The zero-order valence-electron chi connectivity index (χ0n) is 11.9. The molecule has 2 aliphatic heterocycles. The molecule has 20 heavy (non-hydrogen) atoms. The summed E-state index contributed by atoms with van der Waals surface area (Å²) in [5.41, 5.74) is 1.17. The van der Waals surface area contributed by atoms with Crippen molar-refractivity contribution in [2.75, 3.05) is 32.8 Å². The Morgan fingerprint density at radius 1 is 1.35 bits per heavy atom. The van der Waals surface area contributed by atoms with Crippen LogP contribution >= 0.6 is 0 Å². The summed E-state index contributed by atoms with van der Waals surface area (Å²) < 4.78 is 5.81. The van der Waals surface area contributed by atoms with Crippen LogP contribution in [0.3, 0.4) is 0 Å². The van der Waals surface area contributed by atoms with E-state index in [1.807, 2.05) is 18.3 Å². The van der Waals surface area contributed by atoms with Crippen molar-refractivity contribution < 1.29 is 4.74 Å². The highest BCUT2D eigenvalue weighted by Gasteiger charge is 2.36. The average Bonchev–Trinajstić information content (AvgIpc) is 2.88. The monoisotopic (exact) mass is 273 g/mol. The van der Waals surface area contributed by atoms with Gasteiger partial charge in [-0.2, -0.15) is 0 Å². The minimum Gasteiger partial charge on any atom is -0.373 e. The summed E-state index contributed by atoms with van der Waals surface area (Å²) in [4.78, 5) is 9.51. The Morgan fingerprint density at radius 2 is 2.30 bits per heavy atom. The number of pyridine rings is 1. The fourth-order valence-electron chi connectivity index (χ4n) is 3.25. The molecule has 0 aromatic carbocycles. The standard InChI is InChI=1S/C16H23N3O/c1-2-9-20-16-10-15-12-18(7-8-19(15)13-16)11-14-5-3-4-6-17-14/h2-6,15-16H,1,7-13H2/t15-,16-/m0/s1. The summed E-state index contributed by atoms with van der Waals surface area (Å²) in [6, 6.07) is 6.78. The zero-order valence-corrected chi connectivity index (χ0v) is 11.9. The van der Waals surface area contributed by atoms with Gasteiger partial charge in [-0.15, -0.1) is 6.58 Å². The highest BCUT2D eigenvalue weighted by atomic mass is 16.5. The fraction of sp³-hybridized carbons (Fsp3) is 0.562. The minimum atomic E-state index is 0.382. The molecule has 3 rings (SSSR count). The first kappa shape index (κ1) is 13.7. The van der Waals surface area contributed by atoms with Crippen molar-refractivity contribution in [2.24, 2.45) is 0 Å². The van der Waals surface area contributed by atoms with Gasteiger partial charge in [0.25, 0.3) is 0 Å². The highest BCUT2D eigenvalue weighted by molar-refractivity contribution is 5.04. The predicted molar refractivity (Wildman–Crippen MR) is 79.4 cm³/mol. The Hall–Kier alpha value is -1.23. The van der Waals surface area contributed by atoms with E-state index in [4.69, 9.17) is 4.74 Å². The van der Waals surface area contributed by atoms with Gasteiger partial charge in [-0.3, -0.25) is 14.8 Å². The summed E-state index contributed by atoms with van der Waals surface area (Å²) in [5.74, 6) is 0. The quantitative estimate of drug-likeness (QED) is 0.761. The number of nitrogens with zero attached hydrogens (tertiary/aromatic N) is 3. The molecule has 0 radical (unpaired) electrons. The van der Waals surface area contributed by atoms with E-state index in [9.17, 15) is 0 Å². The normalized spacial score (nSPS) is 27.4. The lowest BCUT2D eigenvalue weighted by molar-refractivity contribution is 0.0757. The maximum Gasteiger partial charge on any atom is 0.0721 e. The van der Waals surface area contributed by atoms with E-state index in [1.165, 1.54) is 5.69 Å². The molecular weight excluding hydrogens is 250 g/mol. The molecular formula is C16H23N3O. The number of hydrogen-bond acceptors (Lipinski definition) is 4. The van der Waals surface area contributed by atoms with Crippen molar-refractivity contribution in [3.63, 3.8) is 0 Å². The topological polar surface area (TPSA) is 28.6 Å². The van der Waals surface area contributed by atoms with Gasteiger partial charge in [0.2, 0.25) is 0 Å². The van der Waals surface area contributed by atoms with Gasteiger partial charge in [0, 0.05) is 45.0 Å². The number of rotatable bonds is 5. The first-order valence-corrected chi connectivity index (χ1v) is 7.44. The van der Waals surface area contributed by atoms with Crippen molar-refractivity contribution in [3.8, 4) is 0 Å². The summed E-state index contributed by atoms with van der Waals surface area (Å²) >= 11 is 0. The Bertz CT molecular complexity index is 437. The van der Waals surface area contributed by atoms with Crippen LogP contribution in [0.25, 0.3) is 0 Å². The second-order valence-corrected chi connectivity index (χ2v) is 5.68. The zero-order chi connectivity index (χ0) is 13.8. The van der Waals surface area contributed by atoms with Gasteiger partial charge >= 0.3 is 0 Å². The van der Waals surface area contributed by atoms with Gasteiger partial charge < -0.3 is 4.74 Å². The van der Waals surface area contributed by atoms with Crippen LogP contribution in [0.5, 0.6) is 0 Å². The van der Waals surface area contributed by atoms with Crippen molar-refractivity contribution >= 4 is 0 Å². The molecule has 1 aromatic heterocycles. The Labute approximate surface area is 121 Å². The van der Waals surface area contributed by atoms with E-state index in [2.05, 4.69) is 33.5 Å². The second kappa shape index (κ2) is 6.48. The van der Waals surface area contributed by atoms with Crippen LogP contribution in [0.4, 0.5) is 0 Å². The van der Waals surface area contributed by atoms with E-state index in [1.54, 1.807) is 0 Å². The van der Waals surface area contributed by atoms with Crippen molar-refractivity contribution in [2.45, 2.75) is 25.1 Å². The fourth-order valence-corrected chi connectivity index (χ4v) is 3.25. The third-order valence-corrected chi connectivity index (χ3v) is 4.22. The maximum atomic E-state index is 5.81. The third kappa shape index (κ3) is 3.26. The lowest BCUT2D eigenvalue weighted by Gasteiger charge is -2.37. The second-order valence-electron chi connectivity index (χ2n) is 5.68. The van der Waals surface area contributed by atoms with Crippen LogP contribution in [0.15, 0.2) is 37.1 Å². The lowest BCUT2D eigenvalue weighted by Crippen LogP contribution is -2.49. The molecule has 0 bridgehead atoms. The van der Waals surface area contributed by atoms with Gasteiger partial charge in [-0.25, -0.2) is 0 Å². The predicted octanol–water partition coefficient (Wildman–Crippen LogP) is 1.54. The van der Waals surface area contributed by atoms with E-state index in [0.717, 1.165) is 39.1 Å². The lowest BCUT2D eigenvalue weighted by atomic mass is 10.1. The molecule has 4 nitrogen and oxygen atoms in total. The summed E-state index contributed by atoms with van der Waals surface area (Å²) in [5, 5.41) is 0. The molecule has 0 spiro atoms. The smallest absolute Gasteiger partial charge is 0.0721 e. The van der Waals surface area contributed by atoms with Gasteiger partial charge in [0.15, 0.2) is 0 Å². The molecule has 2 fully saturated rings. The number of fused-ring (bicyclic) bond motifs is 1. The number of ether oxygens (including phenoxy) is 1. The highest BCUT2D eigenvalue weighted by Crippen LogP contribution is 2.24. The number of piperazine rings is 1. The molecule has 0 unspecified atom stereocenters. The van der Waals surface area contributed by atoms with E-state index < -0.39 is 0 Å². The molecule has 3 heterocycles. The number of hydrogen-bond donors (Lipinski definition) is 0. The summed E-state index contributed by atoms with van der Waals surface area (Å²) in [6.07, 6.45) is 5.24. The van der Waals surface area contributed by atoms with Gasteiger partial charge in [-0.05, 0) is 18.6 Å². The van der Waals surface area contributed by atoms with Crippen molar-refractivity contribution in [3.05, 3.63) is 42.7 Å². The largest absolute Gasteiger partial charge is 0.373 e. The molecule has 0 N–H and O–H groups in total. The van der Waals surface area contributed by atoms with E-state index in [-0.39, 0.29) is 0 Å². The van der Waals surface area contributed by atoms with Crippen LogP contribution in [-0.2, 0) is 11.3 Å². The van der Waals surface area contributed by atoms with Crippen molar-refractivity contribution in [1.82, 2.24) is 14.8 Å². The van der Waals surface area contributed by atoms with Gasteiger partial charge in [-0.1, -0.05) is 12.1 Å². The van der Waals surface area contributed by atoms with Gasteiger partial charge in [0.05, 0.1) is 18.4 Å². The first-order chi connectivity index (χ1) is 9.85. The SMILES string of the molecule is C=CCO[C@H]1C[C@H]2CN(Cc3ccccn3)CCN2C1. The van der Waals surface area contributed by atoms with Crippen LogP contribution in [0.2, 0.25) is 0 Å². The molecule has 2 aliphatic rings. The molecule has 2 atom stereocenters. The Kier molecular flexibility index (Phi) is 4.45. The van der Waals surface area contributed by atoms with Crippen LogP contribution < -0.4 is 0 Å². The molecule has 0 aliphatic carbocycles. The Balaban J connectivity index is 1.52. The molecule has 1 aromatic rings. The summed E-state index contributed by atoms with van der Waals surface area (Å²) in [7, 11) is 0. The molecule has 0 amide bonds. The third-order valence-electron chi connectivity index (χ3n) is 4.22. The van der Waals surface area contributed by atoms with E-state index >= 15 is 0 Å². The Morgan fingerprint density at radius 3 is 3.10 bits per heavy atom. The summed E-state index contributed by atoms with van der Waals surface area (Å²) in [6.45, 7) is 9.83. The number of aromatic nitrogens is 1. The van der Waals surface area contributed by atoms with Gasteiger partial charge in [0.1, 0.15) is 0 Å². The van der Waals surface area contributed by atoms with Crippen LogP contribution in [0.1, 0.15) is 12.1 Å². The molecule has 4 heteroatoms. The molecule has 108 valence electrons. The van der Waals surface area contributed by atoms with Crippen LogP contribution in [-0.4, -0.2) is 59.7 Å². The van der Waals surface area contributed by atoms with Crippen LogP contribution in [0, 0.1) is 0 Å².